The number of aryl methyl sites for hydroxylation is 1. The first-order chi connectivity index (χ1) is 7.27. The van der Waals surface area contributed by atoms with Gasteiger partial charge >= 0.3 is 0 Å². The highest BCUT2D eigenvalue weighted by Gasteiger charge is 2.23. The molecule has 15 heavy (non-hydrogen) atoms. The minimum Gasteiger partial charge on any atom is -0.331 e. The molecule has 0 N–H and O–H groups in total. The highest BCUT2D eigenvalue weighted by molar-refractivity contribution is 6.17. The number of imidazole rings is 1. The zero-order valence-electron chi connectivity index (χ0n) is 9.59. The quantitative estimate of drug-likeness (QED) is 0.722. The standard InChI is InChI=1S/C12H19ClN2/c1-3-5-11-14-10(8-13)12-9(2)6-4-7-15(11)12/h9H,3-8H2,1-2H3. The maximum Gasteiger partial charge on any atom is 0.109 e. The summed E-state index contributed by atoms with van der Waals surface area (Å²) in [4.78, 5) is 4.68. The zero-order valence-corrected chi connectivity index (χ0v) is 10.3. The summed E-state index contributed by atoms with van der Waals surface area (Å²) in [6.07, 6.45) is 4.80. The van der Waals surface area contributed by atoms with E-state index in [1.807, 2.05) is 0 Å². The monoisotopic (exact) mass is 226 g/mol. The summed E-state index contributed by atoms with van der Waals surface area (Å²) in [6.45, 7) is 5.63. The van der Waals surface area contributed by atoms with Crippen molar-refractivity contribution in [2.75, 3.05) is 0 Å². The third-order valence-electron chi connectivity index (χ3n) is 3.25. The Morgan fingerprint density at radius 3 is 3.00 bits per heavy atom. The van der Waals surface area contributed by atoms with Gasteiger partial charge in [-0.15, -0.1) is 11.6 Å². The third kappa shape index (κ3) is 1.92. The van der Waals surface area contributed by atoms with Crippen LogP contribution < -0.4 is 0 Å². The third-order valence-corrected chi connectivity index (χ3v) is 3.50. The molecular weight excluding hydrogens is 208 g/mol. The molecule has 1 unspecified atom stereocenters. The van der Waals surface area contributed by atoms with E-state index < -0.39 is 0 Å². The van der Waals surface area contributed by atoms with Gasteiger partial charge in [-0.25, -0.2) is 4.98 Å². The molecule has 0 radical (unpaired) electrons. The molecule has 1 aromatic heterocycles. The molecule has 0 aliphatic carbocycles. The molecule has 84 valence electrons. The van der Waals surface area contributed by atoms with Gasteiger partial charge in [0.25, 0.3) is 0 Å². The van der Waals surface area contributed by atoms with Gasteiger partial charge in [-0.05, 0) is 25.2 Å². The Morgan fingerprint density at radius 1 is 1.53 bits per heavy atom. The van der Waals surface area contributed by atoms with Crippen LogP contribution in [0.15, 0.2) is 0 Å². The fourth-order valence-corrected chi connectivity index (χ4v) is 2.77. The van der Waals surface area contributed by atoms with Crippen LogP contribution in [0.1, 0.15) is 56.2 Å². The van der Waals surface area contributed by atoms with Gasteiger partial charge < -0.3 is 4.57 Å². The Labute approximate surface area is 96.7 Å². The lowest BCUT2D eigenvalue weighted by Gasteiger charge is -2.23. The van der Waals surface area contributed by atoms with Gasteiger partial charge in [0, 0.05) is 18.7 Å². The molecule has 0 bridgehead atoms. The van der Waals surface area contributed by atoms with E-state index in [2.05, 4.69) is 23.4 Å². The number of halogens is 1. The normalized spacial score (nSPS) is 20.3. The maximum atomic E-state index is 5.97. The van der Waals surface area contributed by atoms with Gasteiger partial charge in [-0.1, -0.05) is 13.8 Å². The summed E-state index contributed by atoms with van der Waals surface area (Å²) in [5.41, 5.74) is 2.52. The van der Waals surface area contributed by atoms with Crippen molar-refractivity contribution in [3.63, 3.8) is 0 Å². The topological polar surface area (TPSA) is 17.8 Å². The Kier molecular flexibility index (Phi) is 3.35. The number of fused-ring (bicyclic) bond motifs is 1. The SMILES string of the molecule is CCCc1nc(CCl)c2n1CCCC2C. The lowest BCUT2D eigenvalue weighted by Crippen LogP contribution is -2.16. The minimum atomic E-state index is 0.559. The van der Waals surface area contributed by atoms with E-state index >= 15 is 0 Å². The maximum absolute atomic E-state index is 5.97. The predicted molar refractivity (Wildman–Crippen MR) is 63.4 cm³/mol. The van der Waals surface area contributed by atoms with E-state index in [0.717, 1.165) is 25.1 Å². The number of rotatable bonds is 3. The van der Waals surface area contributed by atoms with E-state index in [1.165, 1.54) is 24.4 Å². The van der Waals surface area contributed by atoms with Crippen molar-refractivity contribution in [3.8, 4) is 0 Å². The summed E-state index contributed by atoms with van der Waals surface area (Å²) < 4.78 is 2.41. The van der Waals surface area contributed by atoms with Crippen molar-refractivity contribution < 1.29 is 0 Å². The molecular formula is C12H19ClN2. The first-order valence-corrected chi connectivity index (χ1v) is 6.45. The lowest BCUT2D eigenvalue weighted by molar-refractivity contribution is 0.460. The summed E-state index contributed by atoms with van der Waals surface area (Å²) in [5, 5.41) is 0. The number of nitrogens with zero attached hydrogens (tertiary/aromatic N) is 2. The van der Waals surface area contributed by atoms with Crippen LogP contribution in [0, 0.1) is 0 Å². The van der Waals surface area contributed by atoms with E-state index in [0.29, 0.717) is 11.8 Å². The molecule has 0 aromatic carbocycles. The Morgan fingerprint density at radius 2 is 2.33 bits per heavy atom. The Hall–Kier alpha value is -0.500. The van der Waals surface area contributed by atoms with Crippen molar-refractivity contribution in [1.82, 2.24) is 9.55 Å². The molecule has 0 spiro atoms. The molecule has 3 heteroatoms. The van der Waals surface area contributed by atoms with E-state index in [4.69, 9.17) is 11.6 Å². The Bertz CT molecular complexity index is 344. The molecule has 0 saturated carbocycles. The zero-order chi connectivity index (χ0) is 10.8. The lowest BCUT2D eigenvalue weighted by atomic mass is 9.96. The number of aromatic nitrogens is 2. The molecule has 1 aromatic rings. The van der Waals surface area contributed by atoms with Crippen LogP contribution in [-0.4, -0.2) is 9.55 Å². The van der Waals surface area contributed by atoms with Crippen molar-refractivity contribution >= 4 is 11.6 Å². The highest BCUT2D eigenvalue weighted by Crippen LogP contribution is 2.31. The molecule has 1 aliphatic rings. The number of alkyl halides is 1. The summed E-state index contributed by atoms with van der Waals surface area (Å²) in [7, 11) is 0. The van der Waals surface area contributed by atoms with Gasteiger partial charge in [0.05, 0.1) is 11.6 Å². The van der Waals surface area contributed by atoms with Crippen LogP contribution in [0.2, 0.25) is 0 Å². The van der Waals surface area contributed by atoms with Crippen LogP contribution in [0.25, 0.3) is 0 Å². The summed E-state index contributed by atoms with van der Waals surface area (Å²) in [6, 6.07) is 0. The predicted octanol–water partition coefficient (Wildman–Crippen LogP) is 3.47. The van der Waals surface area contributed by atoms with E-state index in [-0.39, 0.29) is 0 Å². The summed E-state index contributed by atoms with van der Waals surface area (Å²) >= 11 is 5.97. The van der Waals surface area contributed by atoms with Gasteiger partial charge in [0.2, 0.25) is 0 Å². The average Bonchev–Trinajstić information content (AvgIpc) is 2.59. The number of hydrogen-bond donors (Lipinski definition) is 0. The molecule has 2 nitrogen and oxygen atoms in total. The van der Waals surface area contributed by atoms with Crippen molar-refractivity contribution in [2.24, 2.45) is 0 Å². The van der Waals surface area contributed by atoms with Gasteiger partial charge in [-0.3, -0.25) is 0 Å². The van der Waals surface area contributed by atoms with Crippen LogP contribution in [-0.2, 0) is 18.8 Å². The van der Waals surface area contributed by atoms with E-state index in [9.17, 15) is 0 Å². The molecule has 1 aliphatic heterocycles. The fraction of sp³-hybridized carbons (Fsp3) is 0.750. The smallest absolute Gasteiger partial charge is 0.109 e. The molecule has 0 saturated heterocycles. The van der Waals surface area contributed by atoms with Gasteiger partial charge in [0.15, 0.2) is 0 Å². The largest absolute Gasteiger partial charge is 0.331 e. The molecule has 2 heterocycles. The van der Waals surface area contributed by atoms with Crippen molar-refractivity contribution in [1.29, 1.82) is 0 Å². The van der Waals surface area contributed by atoms with Crippen LogP contribution >= 0.6 is 11.6 Å². The second-order valence-corrected chi connectivity index (χ2v) is 4.71. The highest BCUT2D eigenvalue weighted by atomic mass is 35.5. The minimum absolute atomic E-state index is 0.559. The first-order valence-electron chi connectivity index (χ1n) is 5.92. The molecule has 2 rings (SSSR count). The molecule has 1 atom stereocenters. The van der Waals surface area contributed by atoms with Gasteiger partial charge in [0.1, 0.15) is 5.82 Å². The van der Waals surface area contributed by atoms with E-state index in [1.54, 1.807) is 0 Å². The fourth-order valence-electron chi connectivity index (χ4n) is 2.57. The van der Waals surface area contributed by atoms with Crippen LogP contribution in [0.3, 0.4) is 0 Å². The van der Waals surface area contributed by atoms with Crippen LogP contribution in [0.5, 0.6) is 0 Å². The molecule has 0 amide bonds. The number of hydrogen-bond acceptors (Lipinski definition) is 1. The van der Waals surface area contributed by atoms with Crippen LogP contribution in [0.4, 0.5) is 0 Å². The second-order valence-electron chi connectivity index (χ2n) is 4.44. The second kappa shape index (κ2) is 4.56. The average molecular weight is 227 g/mol. The Balaban J connectivity index is 2.42. The summed E-state index contributed by atoms with van der Waals surface area (Å²) in [5.74, 6) is 2.43. The first kappa shape index (κ1) is 11.0. The van der Waals surface area contributed by atoms with Gasteiger partial charge in [-0.2, -0.15) is 0 Å². The van der Waals surface area contributed by atoms with Crippen molar-refractivity contribution in [3.05, 3.63) is 17.2 Å². The molecule has 0 fully saturated rings. The van der Waals surface area contributed by atoms with Crippen molar-refractivity contribution in [2.45, 2.75) is 57.9 Å².